The first-order chi connectivity index (χ1) is 8.93. The Bertz CT molecular complexity index is 676. The van der Waals surface area contributed by atoms with Gasteiger partial charge in [-0.25, -0.2) is 9.59 Å². The Morgan fingerprint density at radius 2 is 1.58 bits per heavy atom. The van der Waals surface area contributed by atoms with Crippen molar-refractivity contribution in [3.05, 3.63) is 41.5 Å². The molecule has 0 aliphatic carbocycles. The van der Waals surface area contributed by atoms with Crippen LogP contribution >= 0.6 is 0 Å². The third-order valence-corrected chi connectivity index (χ3v) is 2.94. The van der Waals surface area contributed by atoms with Crippen LogP contribution in [0.4, 0.5) is 5.69 Å². The molecule has 5 heteroatoms. The van der Waals surface area contributed by atoms with E-state index in [-0.39, 0.29) is 11.1 Å². The maximum absolute atomic E-state index is 11.4. The summed E-state index contributed by atoms with van der Waals surface area (Å²) in [6.07, 6.45) is 0. The molecule has 0 atom stereocenters. The van der Waals surface area contributed by atoms with Gasteiger partial charge in [-0.1, -0.05) is 24.3 Å². The summed E-state index contributed by atoms with van der Waals surface area (Å²) < 4.78 is 0. The molecule has 2 aromatic rings. The molecular weight excluding hydrogens is 246 g/mol. The maximum Gasteiger partial charge on any atom is 0.338 e. The minimum Gasteiger partial charge on any atom is -0.478 e. The molecule has 5 nitrogen and oxygen atoms in total. The summed E-state index contributed by atoms with van der Waals surface area (Å²) >= 11 is 0. The van der Waals surface area contributed by atoms with Crippen LogP contribution in [0.2, 0.25) is 0 Å². The number of aromatic carboxylic acids is 2. The number of nitrogens with zero attached hydrogens (tertiary/aromatic N) is 1. The molecule has 0 radical (unpaired) electrons. The van der Waals surface area contributed by atoms with Gasteiger partial charge >= 0.3 is 11.9 Å². The Morgan fingerprint density at radius 3 is 2.11 bits per heavy atom. The second-order valence-corrected chi connectivity index (χ2v) is 4.37. The SMILES string of the molecule is CN(C)c1cc2ccccc2c(C(=O)O)c1C(=O)O. The van der Waals surface area contributed by atoms with E-state index >= 15 is 0 Å². The van der Waals surface area contributed by atoms with E-state index in [1.165, 1.54) is 0 Å². The third kappa shape index (κ3) is 2.10. The van der Waals surface area contributed by atoms with Crippen molar-refractivity contribution >= 4 is 28.4 Å². The highest BCUT2D eigenvalue weighted by atomic mass is 16.4. The molecule has 0 saturated carbocycles. The van der Waals surface area contributed by atoms with Crippen molar-refractivity contribution in [3.8, 4) is 0 Å². The summed E-state index contributed by atoms with van der Waals surface area (Å²) in [6, 6.07) is 8.54. The molecule has 0 amide bonds. The molecule has 0 heterocycles. The Balaban J connectivity index is 3.00. The van der Waals surface area contributed by atoms with Crippen molar-refractivity contribution in [2.75, 3.05) is 19.0 Å². The summed E-state index contributed by atoms with van der Waals surface area (Å²) in [5, 5.41) is 19.8. The standard InChI is InChI=1S/C14H13NO4/c1-15(2)10-7-8-5-3-4-6-9(8)11(13(16)17)12(10)14(18)19/h3-7H,1-2H3,(H,16,17)(H,18,19). The lowest BCUT2D eigenvalue weighted by Crippen LogP contribution is -2.18. The number of hydrogen-bond acceptors (Lipinski definition) is 3. The average Bonchev–Trinajstić information content (AvgIpc) is 2.35. The zero-order valence-electron chi connectivity index (χ0n) is 10.5. The molecule has 0 bridgehead atoms. The molecule has 0 aliphatic rings. The van der Waals surface area contributed by atoms with E-state index < -0.39 is 11.9 Å². The van der Waals surface area contributed by atoms with Gasteiger partial charge in [0.2, 0.25) is 0 Å². The van der Waals surface area contributed by atoms with Gasteiger partial charge in [0, 0.05) is 14.1 Å². The van der Waals surface area contributed by atoms with Gasteiger partial charge in [0.05, 0.1) is 16.8 Å². The Morgan fingerprint density at radius 1 is 1.00 bits per heavy atom. The van der Waals surface area contributed by atoms with E-state index in [4.69, 9.17) is 0 Å². The number of fused-ring (bicyclic) bond motifs is 1. The minimum atomic E-state index is -1.24. The van der Waals surface area contributed by atoms with Gasteiger partial charge < -0.3 is 15.1 Å². The number of rotatable bonds is 3. The molecule has 0 spiro atoms. The van der Waals surface area contributed by atoms with Gasteiger partial charge in [0.1, 0.15) is 0 Å². The lowest BCUT2D eigenvalue weighted by atomic mass is 9.96. The quantitative estimate of drug-likeness (QED) is 0.884. The topological polar surface area (TPSA) is 77.8 Å². The Hall–Kier alpha value is -2.56. The van der Waals surface area contributed by atoms with Crippen molar-refractivity contribution in [1.29, 1.82) is 0 Å². The largest absolute Gasteiger partial charge is 0.478 e. The van der Waals surface area contributed by atoms with Crippen molar-refractivity contribution < 1.29 is 19.8 Å². The average molecular weight is 259 g/mol. The van der Waals surface area contributed by atoms with E-state index in [1.807, 2.05) is 0 Å². The fourth-order valence-corrected chi connectivity index (χ4v) is 2.12. The van der Waals surface area contributed by atoms with Gasteiger partial charge in [-0.15, -0.1) is 0 Å². The summed E-state index contributed by atoms with van der Waals surface area (Å²) in [5.74, 6) is -2.48. The predicted molar refractivity (Wildman–Crippen MR) is 72.2 cm³/mol. The smallest absolute Gasteiger partial charge is 0.338 e. The van der Waals surface area contributed by atoms with Gasteiger partial charge in [0.15, 0.2) is 0 Å². The van der Waals surface area contributed by atoms with Crippen molar-refractivity contribution in [3.63, 3.8) is 0 Å². The second kappa shape index (κ2) is 4.61. The molecule has 98 valence electrons. The first-order valence-electron chi connectivity index (χ1n) is 5.63. The van der Waals surface area contributed by atoms with Crippen LogP contribution in [0.5, 0.6) is 0 Å². The van der Waals surface area contributed by atoms with Gasteiger partial charge in [-0.2, -0.15) is 0 Å². The number of anilines is 1. The fourth-order valence-electron chi connectivity index (χ4n) is 2.12. The molecule has 2 aromatic carbocycles. The van der Waals surface area contributed by atoms with E-state index in [1.54, 1.807) is 49.3 Å². The maximum atomic E-state index is 11.4. The molecule has 0 fully saturated rings. The van der Waals surface area contributed by atoms with Crippen LogP contribution in [-0.2, 0) is 0 Å². The molecule has 0 aliphatic heterocycles. The van der Waals surface area contributed by atoms with Crippen LogP contribution in [-0.4, -0.2) is 36.2 Å². The number of carboxylic acids is 2. The highest BCUT2D eigenvalue weighted by Gasteiger charge is 2.24. The normalized spacial score (nSPS) is 10.4. The molecular formula is C14H13NO4. The van der Waals surface area contributed by atoms with Crippen LogP contribution in [0.3, 0.4) is 0 Å². The van der Waals surface area contributed by atoms with E-state index in [0.29, 0.717) is 16.5 Å². The van der Waals surface area contributed by atoms with Crippen molar-refractivity contribution in [1.82, 2.24) is 0 Å². The van der Waals surface area contributed by atoms with E-state index in [0.717, 1.165) is 0 Å². The molecule has 2 N–H and O–H groups in total. The highest BCUT2D eigenvalue weighted by Crippen LogP contribution is 2.31. The fraction of sp³-hybridized carbons (Fsp3) is 0.143. The first kappa shape index (κ1) is 12.9. The molecule has 19 heavy (non-hydrogen) atoms. The molecule has 0 unspecified atom stereocenters. The third-order valence-electron chi connectivity index (χ3n) is 2.94. The van der Waals surface area contributed by atoms with Crippen LogP contribution in [0.1, 0.15) is 20.7 Å². The van der Waals surface area contributed by atoms with Crippen LogP contribution < -0.4 is 4.90 Å². The summed E-state index contributed by atoms with van der Waals surface area (Å²) in [7, 11) is 3.37. The summed E-state index contributed by atoms with van der Waals surface area (Å²) in [4.78, 5) is 24.4. The summed E-state index contributed by atoms with van der Waals surface area (Å²) in [5.41, 5.74) is 0.0223. The second-order valence-electron chi connectivity index (χ2n) is 4.37. The van der Waals surface area contributed by atoms with Crippen LogP contribution in [0, 0.1) is 0 Å². The highest BCUT2D eigenvalue weighted by molar-refractivity contribution is 6.15. The summed E-state index contributed by atoms with van der Waals surface area (Å²) in [6.45, 7) is 0. The number of carbonyl (C=O) groups is 2. The van der Waals surface area contributed by atoms with Gasteiger partial charge in [-0.3, -0.25) is 0 Å². The van der Waals surface area contributed by atoms with Gasteiger partial charge in [0.25, 0.3) is 0 Å². The van der Waals surface area contributed by atoms with Crippen molar-refractivity contribution in [2.45, 2.75) is 0 Å². The van der Waals surface area contributed by atoms with E-state index in [2.05, 4.69) is 0 Å². The van der Waals surface area contributed by atoms with Crippen LogP contribution in [0.15, 0.2) is 30.3 Å². The zero-order chi connectivity index (χ0) is 14.2. The van der Waals surface area contributed by atoms with Crippen molar-refractivity contribution in [2.24, 2.45) is 0 Å². The Labute approximate surface area is 109 Å². The molecule has 0 aromatic heterocycles. The van der Waals surface area contributed by atoms with Crippen LogP contribution in [0.25, 0.3) is 10.8 Å². The zero-order valence-corrected chi connectivity index (χ0v) is 10.5. The first-order valence-corrected chi connectivity index (χ1v) is 5.63. The number of benzene rings is 2. The number of carboxylic acid groups (broad SMARTS) is 2. The monoisotopic (exact) mass is 259 g/mol. The molecule has 0 saturated heterocycles. The minimum absolute atomic E-state index is 0.172. The predicted octanol–water partition coefficient (Wildman–Crippen LogP) is 2.30. The Kier molecular flexibility index (Phi) is 3.12. The number of hydrogen-bond donors (Lipinski definition) is 2. The molecule has 2 rings (SSSR count). The lowest BCUT2D eigenvalue weighted by molar-refractivity contribution is 0.0654. The van der Waals surface area contributed by atoms with E-state index in [9.17, 15) is 19.8 Å². The van der Waals surface area contributed by atoms with Gasteiger partial charge in [-0.05, 0) is 16.8 Å². The lowest BCUT2D eigenvalue weighted by Gasteiger charge is -2.18.